The van der Waals surface area contributed by atoms with Crippen LogP contribution in [0.15, 0.2) is 6.20 Å². The van der Waals surface area contributed by atoms with Crippen molar-refractivity contribution in [2.75, 3.05) is 18.0 Å². The third-order valence-corrected chi connectivity index (χ3v) is 5.20. The molecule has 5 heterocycles. The summed E-state index contributed by atoms with van der Waals surface area (Å²) < 4.78 is 2.32. The zero-order chi connectivity index (χ0) is 16.1. The predicted octanol–water partition coefficient (Wildman–Crippen LogP) is 1.58. The van der Waals surface area contributed by atoms with Gasteiger partial charge < -0.3 is 9.47 Å². The number of hydrogen-bond acceptors (Lipinski definition) is 6. The highest BCUT2D eigenvalue weighted by Gasteiger charge is 2.29. The Balaban J connectivity index is 1.46. The summed E-state index contributed by atoms with van der Waals surface area (Å²) in [5, 5.41) is 16.9. The Morgan fingerprint density at radius 3 is 3.08 bits per heavy atom. The number of aromatic amines is 1. The van der Waals surface area contributed by atoms with Crippen molar-refractivity contribution in [1.82, 2.24) is 34.9 Å². The summed E-state index contributed by atoms with van der Waals surface area (Å²) in [5.74, 6) is 3.48. The summed E-state index contributed by atoms with van der Waals surface area (Å²) in [4.78, 5) is 11.6. The minimum absolute atomic E-state index is 0.402. The zero-order valence-corrected chi connectivity index (χ0v) is 13.7. The SMILES string of the molecule is Cc1nc(N2CCCC(c3nnc4n3CCC4)C2)nc2[nH]ncc12. The van der Waals surface area contributed by atoms with Crippen molar-refractivity contribution in [3.63, 3.8) is 0 Å². The number of nitrogens with one attached hydrogen (secondary N) is 1. The summed E-state index contributed by atoms with van der Waals surface area (Å²) >= 11 is 0. The van der Waals surface area contributed by atoms with Crippen molar-refractivity contribution in [3.05, 3.63) is 23.5 Å². The van der Waals surface area contributed by atoms with E-state index in [0.717, 1.165) is 73.2 Å². The molecule has 0 saturated carbocycles. The minimum atomic E-state index is 0.402. The fraction of sp³-hybridized carbons (Fsp3) is 0.562. The molecule has 2 aliphatic rings. The third-order valence-electron chi connectivity index (χ3n) is 5.20. The molecular weight excluding hydrogens is 304 g/mol. The van der Waals surface area contributed by atoms with Gasteiger partial charge in [0.25, 0.3) is 0 Å². The molecule has 24 heavy (non-hydrogen) atoms. The van der Waals surface area contributed by atoms with E-state index in [1.54, 1.807) is 6.20 Å². The quantitative estimate of drug-likeness (QED) is 0.770. The van der Waals surface area contributed by atoms with Crippen molar-refractivity contribution in [3.8, 4) is 0 Å². The fourth-order valence-electron chi connectivity index (χ4n) is 3.95. The molecule has 0 aromatic carbocycles. The number of fused-ring (bicyclic) bond motifs is 2. The second-order valence-corrected chi connectivity index (χ2v) is 6.76. The van der Waals surface area contributed by atoms with Crippen LogP contribution >= 0.6 is 0 Å². The summed E-state index contributed by atoms with van der Waals surface area (Å²) in [6, 6.07) is 0. The van der Waals surface area contributed by atoms with Crippen LogP contribution in [0.4, 0.5) is 5.95 Å². The molecule has 0 amide bonds. The summed E-state index contributed by atoms with van der Waals surface area (Å²) in [7, 11) is 0. The Labute approximate surface area is 139 Å². The van der Waals surface area contributed by atoms with E-state index in [4.69, 9.17) is 4.98 Å². The molecule has 3 aromatic rings. The van der Waals surface area contributed by atoms with Gasteiger partial charge in [-0.3, -0.25) is 5.10 Å². The number of piperidine rings is 1. The van der Waals surface area contributed by atoms with Crippen LogP contribution in [-0.4, -0.2) is 48.0 Å². The smallest absolute Gasteiger partial charge is 0.227 e. The Hall–Kier alpha value is -2.51. The predicted molar refractivity (Wildman–Crippen MR) is 89.0 cm³/mol. The van der Waals surface area contributed by atoms with Gasteiger partial charge in [0.1, 0.15) is 11.6 Å². The fourth-order valence-corrected chi connectivity index (χ4v) is 3.95. The molecule has 1 unspecified atom stereocenters. The maximum atomic E-state index is 4.70. The monoisotopic (exact) mass is 324 g/mol. The lowest BCUT2D eigenvalue weighted by Gasteiger charge is -2.32. The van der Waals surface area contributed by atoms with Crippen molar-refractivity contribution in [2.45, 2.75) is 45.1 Å². The Morgan fingerprint density at radius 2 is 2.12 bits per heavy atom. The number of anilines is 1. The van der Waals surface area contributed by atoms with Crippen LogP contribution in [0.3, 0.4) is 0 Å². The van der Waals surface area contributed by atoms with Gasteiger partial charge in [-0.1, -0.05) is 0 Å². The molecule has 1 saturated heterocycles. The van der Waals surface area contributed by atoms with Crippen molar-refractivity contribution >= 4 is 17.0 Å². The largest absolute Gasteiger partial charge is 0.340 e. The first-order valence-electron chi connectivity index (χ1n) is 8.64. The molecule has 2 aliphatic heterocycles. The molecule has 1 atom stereocenters. The van der Waals surface area contributed by atoms with E-state index in [2.05, 4.69) is 34.8 Å². The summed E-state index contributed by atoms with van der Waals surface area (Å²) in [6.45, 7) is 4.95. The van der Waals surface area contributed by atoms with Crippen LogP contribution < -0.4 is 4.90 Å². The summed E-state index contributed by atoms with van der Waals surface area (Å²) in [6.07, 6.45) is 6.30. The van der Waals surface area contributed by atoms with Crippen LogP contribution in [0.1, 0.15) is 42.5 Å². The topological polar surface area (TPSA) is 88.4 Å². The molecule has 0 aliphatic carbocycles. The second-order valence-electron chi connectivity index (χ2n) is 6.76. The molecule has 0 spiro atoms. The van der Waals surface area contributed by atoms with E-state index in [-0.39, 0.29) is 0 Å². The van der Waals surface area contributed by atoms with Crippen LogP contribution in [0.25, 0.3) is 11.0 Å². The highest BCUT2D eigenvalue weighted by atomic mass is 15.3. The van der Waals surface area contributed by atoms with Gasteiger partial charge in [-0.15, -0.1) is 10.2 Å². The number of rotatable bonds is 2. The van der Waals surface area contributed by atoms with E-state index in [9.17, 15) is 0 Å². The van der Waals surface area contributed by atoms with Gasteiger partial charge >= 0.3 is 0 Å². The van der Waals surface area contributed by atoms with Crippen LogP contribution in [-0.2, 0) is 13.0 Å². The van der Waals surface area contributed by atoms with Gasteiger partial charge in [-0.05, 0) is 26.2 Å². The first kappa shape index (κ1) is 13.9. The van der Waals surface area contributed by atoms with Gasteiger partial charge in [0.2, 0.25) is 5.95 Å². The molecule has 8 heteroatoms. The molecule has 5 rings (SSSR count). The molecule has 8 nitrogen and oxygen atoms in total. The van der Waals surface area contributed by atoms with Gasteiger partial charge in [0, 0.05) is 32.0 Å². The molecule has 3 aromatic heterocycles. The van der Waals surface area contributed by atoms with Crippen molar-refractivity contribution in [2.24, 2.45) is 0 Å². The molecule has 1 N–H and O–H groups in total. The van der Waals surface area contributed by atoms with Crippen LogP contribution in [0.5, 0.6) is 0 Å². The minimum Gasteiger partial charge on any atom is -0.340 e. The summed E-state index contributed by atoms with van der Waals surface area (Å²) in [5.41, 5.74) is 1.78. The van der Waals surface area contributed by atoms with E-state index in [1.165, 1.54) is 6.42 Å². The van der Waals surface area contributed by atoms with E-state index < -0.39 is 0 Å². The standard InChI is InChI=1S/C16H20N8/c1-10-12-8-17-21-14(12)19-16(18-10)23-6-2-4-11(9-23)15-22-20-13-5-3-7-24(13)15/h8,11H,2-7,9H2,1H3,(H,17,18,19,21). The lowest BCUT2D eigenvalue weighted by atomic mass is 9.97. The van der Waals surface area contributed by atoms with Crippen molar-refractivity contribution in [1.29, 1.82) is 0 Å². The van der Waals surface area contributed by atoms with Gasteiger partial charge in [0.05, 0.1) is 17.3 Å². The van der Waals surface area contributed by atoms with E-state index >= 15 is 0 Å². The number of nitrogens with zero attached hydrogens (tertiary/aromatic N) is 7. The number of aryl methyl sites for hydroxylation is 2. The molecular formula is C16H20N8. The van der Waals surface area contributed by atoms with Gasteiger partial charge in [-0.25, -0.2) is 4.98 Å². The average Bonchev–Trinajstić information content (AvgIpc) is 3.31. The molecule has 1 fully saturated rings. The maximum Gasteiger partial charge on any atom is 0.227 e. The van der Waals surface area contributed by atoms with Crippen LogP contribution in [0, 0.1) is 6.92 Å². The normalized spacial score (nSPS) is 20.7. The first-order chi connectivity index (χ1) is 11.8. The molecule has 0 radical (unpaired) electrons. The number of hydrogen-bond donors (Lipinski definition) is 1. The average molecular weight is 324 g/mol. The van der Waals surface area contributed by atoms with Crippen molar-refractivity contribution < 1.29 is 0 Å². The van der Waals surface area contributed by atoms with Gasteiger partial charge in [-0.2, -0.15) is 10.1 Å². The Kier molecular flexibility index (Phi) is 3.04. The first-order valence-corrected chi connectivity index (χ1v) is 8.64. The third kappa shape index (κ3) is 2.09. The molecule has 0 bridgehead atoms. The number of H-pyrrole nitrogens is 1. The van der Waals surface area contributed by atoms with E-state index in [1.807, 2.05) is 6.92 Å². The lowest BCUT2D eigenvalue weighted by molar-refractivity contribution is 0.468. The highest BCUT2D eigenvalue weighted by molar-refractivity contribution is 5.77. The number of aromatic nitrogens is 7. The Bertz CT molecular complexity index is 895. The van der Waals surface area contributed by atoms with Gasteiger partial charge in [0.15, 0.2) is 5.65 Å². The zero-order valence-electron chi connectivity index (χ0n) is 13.7. The second kappa shape index (κ2) is 5.25. The maximum absolute atomic E-state index is 4.70. The van der Waals surface area contributed by atoms with Crippen LogP contribution in [0.2, 0.25) is 0 Å². The Morgan fingerprint density at radius 1 is 1.17 bits per heavy atom. The molecule has 124 valence electrons. The van der Waals surface area contributed by atoms with E-state index in [0.29, 0.717) is 5.92 Å². The lowest BCUT2D eigenvalue weighted by Crippen LogP contribution is -2.36. The highest BCUT2D eigenvalue weighted by Crippen LogP contribution is 2.30.